The van der Waals surface area contributed by atoms with E-state index in [9.17, 15) is 0 Å². The van der Waals surface area contributed by atoms with Crippen LogP contribution in [-0.2, 0) is 9.47 Å². The third-order valence-corrected chi connectivity index (χ3v) is 4.16. The lowest BCUT2D eigenvalue weighted by Crippen LogP contribution is -2.56. The molecular formula is C13H25NO2. The molecule has 0 aromatic heterocycles. The Morgan fingerprint density at radius 1 is 1.19 bits per heavy atom. The van der Waals surface area contributed by atoms with E-state index < -0.39 is 0 Å². The van der Waals surface area contributed by atoms with Gasteiger partial charge in [0, 0.05) is 13.1 Å². The maximum atomic E-state index is 6.32. The highest BCUT2D eigenvalue weighted by Gasteiger charge is 2.39. The maximum absolute atomic E-state index is 6.32. The molecule has 2 aliphatic heterocycles. The van der Waals surface area contributed by atoms with E-state index in [1.165, 1.54) is 6.42 Å². The van der Waals surface area contributed by atoms with Gasteiger partial charge in [0.1, 0.15) is 0 Å². The summed E-state index contributed by atoms with van der Waals surface area (Å²) in [4.78, 5) is 0. The van der Waals surface area contributed by atoms with Gasteiger partial charge in [0.25, 0.3) is 0 Å². The summed E-state index contributed by atoms with van der Waals surface area (Å²) in [5.74, 6) is 0. The molecule has 16 heavy (non-hydrogen) atoms. The molecule has 2 saturated heterocycles. The van der Waals surface area contributed by atoms with Crippen LogP contribution in [0.5, 0.6) is 0 Å². The van der Waals surface area contributed by atoms with Gasteiger partial charge in [-0.1, -0.05) is 13.8 Å². The molecule has 0 bridgehead atoms. The minimum Gasteiger partial charge on any atom is -0.373 e. The van der Waals surface area contributed by atoms with Gasteiger partial charge in [-0.25, -0.2) is 0 Å². The lowest BCUT2D eigenvalue weighted by molar-refractivity contribution is -0.164. The number of hydrogen-bond donors (Lipinski definition) is 1. The summed E-state index contributed by atoms with van der Waals surface area (Å²) in [7, 11) is 0. The van der Waals surface area contributed by atoms with Crippen LogP contribution < -0.4 is 5.32 Å². The number of nitrogens with one attached hydrogen (secondary N) is 1. The Labute approximate surface area is 98.9 Å². The molecule has 0 aromatic carbocycles. The summed E-state index contributed by atoms with van der Waals surface area (Å²) >= 11 is 0. The van der Waals surface area contributed by atoms with Crippen LogP contribution in [0.15, 0.2) is 0 Å². The molecule has 94 valence electrons. The third kappa shape index (κ3) is 2.41. The van der Waals surface area contributed by atoms with Crippen LogP contribution in [0.4, 0.5) is 0 Å². The molecule has 0 amide bonds. The molecule has 0 aliphatic carbocycles. The minimum absolute atomic E-state index is 0.0398. The van der Waals surface area contributed by atoms with Crippen molar-refractivity contribution in [3.8, 4) is 0 Å². The van der Waals surface area contributed by atoms with Gasteiger partial charge in [0.2, 0.25) is 0 Å². The molecule has 0 spiro atoms. The van der Waals surface area contributed by atoms with Gasteiger partial charge in [0.05, 0.1) is 23.9 Å². The second kappa shape index (κ2) is 5.03. The number of hydrogen-bond acceptors (Lipinski definition) is 3. The molecule has 0 saturated carbocycles. The van der Waals surface area contributed by atoms with Crippen molar-refractivity contribution in [1.82, 2.24) is 5.32 Å². The van der Waals surface area contributed by atoms with Crippen molar-refractivity contribution in [2.24, 2.45) is 0 Å². The molecule has 1 N–H and O–H groups in total. The van der Waals surface area contributed by atoms with Crippen molar-refractivity contribution in [3.05, 3.63) is 0 Å². The Balaban J connectivity index is 1.96. The van der Waals surface area contributed by atoms with E-state index in [1.807, 2.05) is 0 Å². The lowest BCUT2D eigenvalue weighted by atomic mass is 9.94. The van der Waals surface area contributed by atoms with E-state index in [-0.39, 0.29) is 11.7 Å². The summed E-state index contributed by atoms with van der Waals surface area (Å²) in [6.07, 6.45) is 5.45. The van der Waals surface area contributed by atoms with E-state index in [4.69, 9.17) is 9.47 Å². The van der Waals surface area contributed by atoms with Crippen molar-refractivity contribution in [2.45, 2.75) is 70.4 Å². The molecule has 3 nitrogen and oxygen atoms in total. The maximum Gasteiger partial charge on any atom is 0.0968 e. The van der Waals surface area contributed by atoms with Crippen molar-refractivity contribution < 1.29 is 9.47 Å². The standard InChI is InChI=1S/C13H25NO2/c1-4-13(5-2)9-14-8-12(16-13)11-7-6-10(3)15-11/h10-12,14H,4-9H2,1-3H3. The highest BCUT2D eigenvalue weighted by Crippen LogP contribution is 2.30. The summed E-state index contributed by atoms with van der Waals surface area (Å²) in [5.41, 5.74) is 0.0398. The number of rotatable bonds is 3. The first-order chi connectivity index (χ1) is 7.69. The van der Waals surface area contributed by atoms with Gasteiger partial charge >= 0.3 is 0 Å². The molecule has 0 radical (unpaired) electrons. The monoisotopic (exact) mass is 227 g/mol. The van der Waals surface area contributed by atoms with Crippen LogP contribution in [0.2, 0.25) is 0 Å². The van der Waals surface area contributed by atoms with Gasteiger partial charge < -0.3 is 14.8 Å². The topological polar surface area (TPSA) is 30.5 Å². The number of morpholine rings is 1. The van der Waals surface area contributed by atoms with Crippen LogP contribution >= 0.6 is 0 Å². The normalized spacial score (nSPS) is 38.8. The average molecular weight is 227 g/mol. The first kappa shape index (κ1) is 12.3. The predicted molar refractivity (Wildman–Crippen MR) is 64.6 cm³/mol. The highest BCUT2D eigenvalue weighted by atomic mass is 16.6. The average Bonchev–Trinajstić information content (AvgIpc) is 2.76. The predicted octanol–water partition coefficient (Wildman–Crippen LogP) is 2.10. The van der Waals surface area contributed by atoms with Crippen molar-refractivity contribution >= 4 is 0 Å². The number of ether oxygens (including phenoxy) is 2. The zero-order chi connectivity index (χ0) is 11.6. The first-order valence-corrected chi connectivity index (χ1v) is 6.73. The fraction of sp³-hybridized carbons (Fsp3) is 1.00. The van der Waals surface area contributed by atoms with Crippen LogP contribution in [-0.4, -0.2) is 37.0 Å². The van der Waals surface area contributed by atoms with E-state index >= 15 is 0 Å². The van der Waals surface area contributed by atoms with Crippen LogP contribution in [0.25, 0.3) is 0 Å². The van der Waals surface area contributed by atoms with Gasteiger partial charge in [-0.2, -0.15) is 0 Å². The molecule has 2 aliphatic rings. The Kier molecular flexibility index (Phi) is 3.88. The molecule has 3 unspecified atom stereocenters. The summed E-state index contributed by atoms with van der Waals surface area (Å²) < 4.78 is 12.2. The van der Waals surface area contributed by atoms with Gasteiger partial charge in [-0.15, -0.1) is 0 Å². The largest absolute Gasteiger partial charge is 0.373 e. The van der Waals surface area contributed by atoms with E-state index in [0.717, 1.165) is 32.4 Å². The molecular weight excluding hydrogens is 202 g/mol. The molecule has 3 atom stereocenters. The fourth-order valence-corrected chi connectivity index (χ4v) is 2.83. The highest BCUT2D eigenvalue weighted by molar-refractivity contribution is 4.91. The molecule has 3 heteroatoms. The quantitative estimate of drug-likeness (QED) is 0.801. The molecule has 2 heterocycles. The second-order valence-electron chi connectivity index (χ2n) is 5.24. The van der Waals surface area contributed by atoms with Gasteiger partial charge in [0.15, 0.2) is 0 Å². The zero-order valence-electron chi connectivity index (χ0n) is 10.8. The summed E-state index contributed by atoms with van der Waals surface area (Å²) in [5, 5.41) is 3.51. The van der Waals surface area contributed by atoms with Crippen molar-refractivity contribution in [2.75, 3.05) is 13.1 Å². The lowest BCUT2D eigenvalue weighted by Gasteiger charge is -2.42. The van der Waals surface area contributed by atoms with Crippen LogP contribution in [0, 0.1) is 0 Å². The van der Waals surface area contributed by atoms with Crippen LogP contribution in [0.1, 0.15) is 46.5 Å². The van der Waals surface area contributed by atoms with Gasteiger partial charge in [-0.05, 0) is 32.6 Å². The Morgan fingerprint density at radius 3 is 2.50 bits per heavy atom. The molecule has 0 aromatic rings. The van der Waals surface area contributed by atoms with Crippen LogP contribution in [0.3, 0.4) is 0 Å². The SMILES string of the molecule is CCC1(CC)CNCC(C2CCC(C)O2)O1. The van der Waals surface area contributed by atoms with E-state index in [0.29, 0.717) is 12.2 Å². The Morgan fingerprint density at radius 2 is 1.94 bits per heavy atom. The third-order valence-electron chi connectivity index (χ3n) is 4.16. The Hall–Kier alpha value is -0.120. The van der Waals surface area contributed by atoms with E-state index in [1.54, 1.807) is 0 Å². The van der Waals surface area contributed by atoms with Crippen molar-refractivity contribution in [1.29, 1.82) is 0 Å². The van der Waals surface area contributed by atoms with E-state index in [2.05, 4.69) is 26.1 Å². The summed E-state index contributed by atoms with van der Waals surface area (Å²) in [6, 6.07) is 0. The fourth-order valence-electron chi connectivity index (χ4n) is 2.83. The first-order valence-electron chi connectivity index (χ1n) is 6.73. The Bertz CT molecular complexity index is 228. The van der Waals surface area contributed by atoms with Crippen molar-refractivity contribution in [3.63, 3.8) is 0 Å². The molecule has 2 fully saturated rings. The minimum atomic E-state index is 0.0398. The second-order valence-corrected chi connectivity index (χ2v) is 5.24. The smallest absolute Gasteiger partial charge is 0.0968 e. The molecule has 2 rings (SSSR count). The van der Waals surface area contributed by atoms with Gasteiger partial charge in [-0.3, -0.25) is 0 Å². The summed E-state index contributed by atoms with van der Waals surface area (Å²) in [6.45, 7) is 8.51. The zero-order valence-corrected chi connectivity index (χ0v) is 10.8.